The normalized spacial score (nSPS) is 12.4. The van der Waals surface area contributed by atoms with Gasteiger partial charge in [0.1, 0.15) is 0 Å². The number of thiol groups is 1. The third kappa shape index (κ3) is 10.6. The summed E-state index contributed by atoms with van der Waals surface area (Å²) in [7, 11) is 0. The molecule has 0 aliphatic heterocycles. The first-order valence-electron chi connectivity index (χ1n) is 6.64. The van der Waals surface area contributed by atoms with E-state index in [1.807, 2.05) is 13.8 Å². The van der Waals surface area contributed by atoms with Crippen molar-refractivity contribution in [3.8, 4) is 0 Å². The minimum absolute atomic E-state index is 0.176. The van der Waals surface area contributed by atoms with Crippen LogP contribution in [0.4, 0.5) is 0 Å². The molecule has 0 saturated heterocycles. The minimum Gasteiger partial charge on any atom is -0.465 e. The van der Waals surface area contributed by atoms with Crippen LogP contribution in [-0.2, 0) is 14.3 Å². The van der Waals surface area contributed by atoms with Gasteiger partial charge < -0.3 is 9.47 Å². The molecule has 102 valence electrons. The van der Waals surface area contributed by atoms with Crippen molar-refractivity contribution in [3.05, 3.63) is 0 Å². The van der Waals surface area contributed by atoms with Gasteiger partial charge in [-0.1, -0.05) is 19.8 Å². The summed E-state index contributed by atoms with van der Waals surface area (Å²) in [5, 5.41) is -0.252. The summed E-state index contributed by atoms with van der Waals surface area (Å²) in [6.07, 6.45) is 6.00. The Morgan fingerprint density at radius 3 is 2.35 bits per heavy atom. The van der Waals surface area contributed by atoms with Gasteiger partial charge >= 0.3 is 5.97 Å². The van der Waals surface area contributed by atoms with Crippen molar-refractivity contribution in [2.75, 3.05) is 19.8 Å². The zero-order chi connectivity index (χ0) is 12.9. The summed E-state index contributed by atoms with van der Waals surface area (Å²) in [6, 6.07) is 0. The fourth-order valence-electron chi connectivity index (χ4n) is 1.46. The maximum Gasteiger partial charge on any atom is 0.318 e. The second-order valence-electron chi connectivity index (χ2n) is 4.08. The van der Waals surface area contributed by atoms with Crippen molar-refractivity contribution in [1.82, 2.24) is 0 Å². The Balaban J connectivity index is 3.24. The summed E-state index contributed by atoms with van der Waals surface area (Å²) in [5.41, 5.74) is 0. The lowest BCUT2D eigenvalue weighted by Crippen LogP contribution is -2.18. The number of carbonyl (C=O) groups excluding carboxylic acids is 1. The van der Waals surface area contributed by atoms with Gasteiger partial charge in [-0.3, -0.25) is 4.79 Å². The largest absolute Gasteiger partial charge is 0.465 e. The van der Waals surface area contributed by atoms with Gasteiger partial charge in [-0.05, 0) is 32.6 Å². The fraction of sp³-hybridized carbons (Fsp3) is 0.923. The summed E-state index contributed by atoms with van der Waals surface area (Å²) >= 11 is 4.20. The van der Waals surface area contributed by atoms with Crippen LogP contribution in [0.25, 0.3) is 0 Å². The molecule has 0 aromatic carbocycles. The molecular formula is C13H26O3S. The van der Waals surface area contributed by atoms with E-state index < -0.39 is 0 Å². The summed E-state index contributed by atoms with van der Waals surface area (Å²) in [6.45, 7) is 6.19. The molecule has 3 nitrogen and oxygen atoms in total. The molecule has 0 saturated carbocycles. The van der Waals surface area contributed by atoms with Crippen molar-refractivity contribution < 1.29 is 14.3 Å². The first kappa shape index (κ1) is 16.8. The first-order chi connectivity index (χ1) is 8.22. The van der Waals surface area contributed by atoms with E-state index >= 15 is 0 Å². The van der Waals surface area contributed by atoms with Gasteiger partial charge in [0.2, 0.25) is 0 Å². The molecule has 0 aliphatic rings. The molecule has 0 rings (SSSR count). The third-order valence-corrected chi connectivity index (χ3v) is 2.93. The van der Waals surface area contributed by atoms with Crippen molar-refractivity contribution in [2.24, 2.45) is 0 Å². The van der Waals surface area contributed by atoms with Gasteiger partial charge in [0.25, 0.3) is 0 Å². The molecule has 0 aromatic heterocycles. The number of unbranched alkanes of at least 4 members (excludes halogenated alkanes) is 3. The average molecular weight is 262 g/mol. The highest BCUT2D eigenvalue weighted by molar-refractivity contribution is 7.81. The van der Waals surface area contributed by atoms with E-state index in [0.717, 1.165) is 51.7 Å². The van der Waals surface area contributed by atoms with Gasteiger partial charge in [0.15, 0.2) is 0 Å². The van der Waals surface area contributed by atoms with E-state index in [0.29, 0.717) is 6.61 Å². The zero-order valence-electron chi connectivity index (χ0n) is 11.1. The summed E-state index contributed by atoms with van der Waals surface area (Å²) < 4.78 is 10.4. The summed E-state index contributed by atoms with van der Waals surface area (Å²) in [5.74, 6) is -0.176. The van der Waals surface area contributed by atoms with E-state index in [-0.39, 0.29) is 11.2 Å². The highest BCUT2D eigenvalue weighted by atomic mass is 32.1. The molecule has 0 bridgehead atoms. The maximum atomic E-state index is 11.4. The predicted molar refractivity (Wildman–Crippen MR) is 73.6 cm³/mol. The monoisotopic (exact) mass is 262 g/mol. The molecule has 0 spiro atoms. The highest BCUT2D eigenvalue weighted by Gasteiger charge is 2.13. The molecule has 17 heavy (non-hydrogen) atoms. The Hall–Kier alpha value is -0.220. The number of esters is 1. The zero-order valence-corrected chi connectivity index (χ0v) is 12.0. The van der Waals surface area contributed by atoms with E-state index in [2.05, 4.69) is 12.6 Å². The number of rotatable bonds is 11. The third-order valence-electron chi connectivity index (χ3n) is 2.47. The average Bonchev–Trinajstić information content (AvgIpc) is 2.32. The summed E-state index contributed by atoms with van der Waals surface area (Å²) in [4.78, 5) is 11.4. The van der Waals surface area contributed by atoms with Gasteiger partial charge in [0, 0.05) is 13.2 Å². The maximum absolute atomic E-state index is 11.4. The fourth-order valence-corrected chi connectivity index (χ4v) is 1.80. The standard InChI is InChI=1S/C13H26O3S/c1-3-9-12(17)13(14)16-11-8-6-5-7-10-15-4-2/h12,17H,3-11H2,1-2H3. The molecule has 0 aliphatic carbocycles. The van der Waals surface area contributed by atoms with Crippen molar-refractivity contribution in [3.63, 3.8) is 0 Å². The van der Waals surface area contributed by atoms with Crippen molar-refractivity contribution in [2.45, 2.75) is 57.6 Å². The van der Waals surface area contributed by atoms with E-state index in [4.69, 9.17) is 9.47 Å². The van der Waals surface area contributed by atoms with Crippen molar-refractivity contribution >= 4 is 18.6 Å². The van der Waals surface area contributed by atoms with E-state index in [1.165, 1.54) is 0 Å². The van der Waals surface area contributed by atoms with Crippen LogP contribution in [0.3, 0.4) is 0 Å². The van der Waals surface area contributed by atoms with Crippen molar-refractivity contribution in [1.29, 1.82) is 0 Å². The number of ether oxygens (including phenoxy) is 2. The van der Waals surface area contributed by atoms with Gasteiger partial charge in [-0.2, -0.15) is 12.6 Å². The Kier molecular flexibility index (Phi) is 12.1. The van der Waals surface area contributed by atoms with Crippen LogP contribution in [0.2, 0.25) is 0 Å². The molecule has 4 heteroatoms. The van der Waals surface area contributed by atoms with Gasteiger partial charge in [0.05, 0.1) is 11.9 Å². The van der Waals surface area contributed by atoms with E-state index in [9.17, 15) is 4.79 Å². The highest BCUT2D eigenvalue weighted by Crippen LogP contribution is 2.07. The SMILES string of the molecule is CCCC(S)C(=O)OCCCCCCOCC. The lowest BCUT2D eigenvalue weighted by atomic mass is 10.2. The Labute approximate surface area is 111 Å². The molecule has 1 atom stereocenters. The molecule has 0 amide bonds. The molecule has 0 heterocycles. The molecular weight excluding hydrogens is 236 g/mol. The van der Waals surface area contributed by atoms with Crippen LogP contribution < -0.4 is 0 Å². The van der Waals surface area contributed by atoms with E-state index in [1.54, 1.807) is 0 Å². The molecule has 0 N–H and O–H groups in total. The number of carbonyl (C=O) groups is 1. The van der Waals surface area contributed by atoms with Gasteiger partial charge in [-0.25, -0.2) is 0 Å². The molecule has 0 fully saturated rings. The second kappa shape index (κ2) is 12.2. The molecule has 0 radical (unpaired) electrons. The van der Waals surface area contributed by atoms with Crippen LogP contribution in [0.1, 0.15) is 52.4 Å². The van der Waals surface area contributed by atoms with Gasteiger partial charge in [-0.15, -0.1) is 0 Å². The number of hydrogen-bond acceptors (Lipinski definition) is 4. The minimum atomic E-state index is -0.252. The van der Waals surface area contributed by atoms with Crippen LogP contribution >= 0.6 is 12.6 Å². The lowest BCUT2D eigenvalue weighted by molar-refractivity contribution is -0.143. The quantitative estimate of drug-likeness (QED) is 0.353. The Morgan fingerprint density at radius 2 is 1.76 bits per heavy atom. The first-order valence-corrected chi connectivity index (χ1v) is 7.16. The number of hydrogen-bond donors (Lipinski definition) is 1. The van der Waals surface area contributed by atoms with Crippen LogP contribution in [0.5, 0.6) is 0 Å². The van der Waals surface area contributed by atoms with Crippen LogP contribution in [0.15, 0.2) is 0 Å². The Bertz CT molecular complexity index is 186. The molecule has 0 aromatic rings. The topological polar surface area (TPSA) is 35.5 Å². The lowest BCUT2D eigenvalue weighted by Gasteiger charge is -2.09. The second-order valence-corrected chi connectivity index (χ2v) is 4.71. The smallest absolute Gasteiger partial charge is 0.318 e. The Morgan fingerprint density at radius 1 is 1.12 bits per heavy atom. The molecule has 1 unspecified atom stereocenters. The van der Waals surface area contributed by atoms with Crippen LogP contribution in [-0.4, -0.2) is 31.0 Å². The predicted octanol–water partition coefficient (Wildman–Crippen LogP) is 3.23. The van der Waals surface area contributed by atoms with Crippen LogP contribution in [0, 0.1) is 0 Å².